The van der Waals surface area contributed by atoms with Crippen LogP contribution in [0.5, 0.6) is 0 Å². The Bertz CT molecular complexity index is 773. The zero-order valence-electron chi connectivity index (χ0n) is 12.1. The van der Waals surface area contributed by atoms with Crippen LogP contribution in [0.15, 0.2) is 34.7 Å². The minimum atomic E-state index is -0.645. The summed E-state index contributed by atoms with van der Waals surface area (Å²) in [6, 6.07) is 10.2. The molecule has 0 saturated carbocycles. The molecule has 3 aromatic rings. The first-order valence-electron chi connectivity index (χ1n) is 7.50. The lowest BCUT2D eigenvalue weighted by Crippen LogP contribution is -1.97. The van der Waals surface area contributed by atoms with Crippen molar-refractivity contribution in [3.05, 3.63) is 57.0 Å². The molecular weight excluding hydrogens is 280 g/mol. The van der Waals surface area contributed by atoms with Crippen molar-refractivity contribution >= 4 is 22.3 Å². The van der Waals surface area contributed by atoms with E-state index in [1.54, 1.807) is 11.3 Å². The van der Waals surface area contributed by atoms with Crippen LogP contribution in [0, 0.1) is 6.92 Å². The van der Waals surface area contributed by atoms with E-state index in [1.807, 2.05) is 18.2 Å². The maximum absolute atomic E-state index is 10.6. The standard InChI is InChI=1S/C18H18O2S/c1-11-6-7-14-13(8-11)9-15(20-14)18(19)17-10-12-4-2-3-5-16(12)21-17/h6-10,18-19H,2-5H2,1H3. The number of aliphatic hydroxyl groups excluding tert-OH is 1. The van der Waals surface area contributed by atoms with Gasteiger partial charge in [-0.3, -0.25) is 0 Å². The fourth-order valence-corrected chi connectivity index (χ4v) is 4.36. The van der Waals surface area contributed by atoms with Gasteiger partial charge in [0.2, 0.25) is 0 Å². The third-order valence-corrected chi connectivity index (χ3v) is 5.54. The molecule has 0 radical (unpaired) electrons. The summed E-state index contributed by atoms with van der Waals surface area (Å²) in [6.45, 7) is 2.07. The van der Waals surface area contributed by atoms with Gasteiger partial charge in [0, 0.05) is 15.1 Å². The van der Waals surface area contributed by atoms with Gasteiger partial charge in [-0.15, -0.1) is 11.3 Å². The second-order valence-corrected chi connectivity index (χ2v) is 7.07. The second kappa shape index (κ2) is 5.00. The molecule has 0 amide bonds. The number of fused-ring (bicyclic) bond motifs is 2. The number of benzene rings is 1. The van der Waals surface area contributed by atoms with Crippen LogP contribution in [-0.4, -0.2) is 5.11 Å². The molecule has 1 N–H and O–H groups in total. The smallest absolute Gasteiger partial charge is 0.146 e. The molecule has 21 heavy (non-hydrogen) atoms. The van der Waals surface area contributed by atoms with Gasteiger partial charge in [0.1, 0.15) is 17.4 Å². The van der Waals surface area contributed by atoms with Gasteiger partial charge in [-0.1, -0.05) is 11.6 Å². The van der Waals surface area contributed by atoms with Crippen molar-refractivity contribution < 1.29 is 9.52 Å². The Labute approximate surface area is 128 Å². The highest BCUT2D eigenvalue weighted by Crippen LogP contribution is 2.36. The molecule has 0 aliphatic heterocycles. The van der Waals surface area contributed by atoms with E-state index < -0.39 is 6.10 Å². The molecule has 1 aromatic carbocycles. The molecule has 1 aliphatic rings. The third-order valence-electron chi connectivity index (χ3n) is 4.25. The maximum Gasteiger partial charge on any atom is 0.146 e. The number of furan rings is 1. The Hall–Kier alpha value is -1.58. The summed E-state index contributed by atoms with van der Waals surface area (Å²) in [5.41, 5.74) is 3.47. The van der Waals surface area contributed by atoms with Crippen molar-refractivity contribution in [1.29, 1.82) is 0 Å². The van der Waals surface area contributed by atoms with E-state index in [4.69, 9.17) is 4.42 Å². The maximum atomic E-state index is 10.6. The lowest BCUT2D eigenvalue weighted by molar-refractivity contribution is 0.196. The minimum Gasteiger partial charge on any atom is -0.458 e. The van der Waals surface area contributed by atoms with Gasteiger partial charge in [0.15, 0.2) is 0 Å². The first kappa shape index (κ1) is 13.1. The van der Waals surface area contributed by atoms with Crippen LogP contribution in [0.3, 0.4) is 0 Å². The summed E-state index contributed by atoms with van der Waals surface area (Å²) in [5.74, 6) is 0.647. The number of aryl methyl sites for hydroxylation is 3. The van der Waals surface area contributed by atoms with Gasteiger partial charge >= 0.3 is 0 Å². The highest BCUT2D eigenvalue weighted by Gasteiger charge is 2.21. The summed E-state index contributed by atoms with van der Waals surface area (Å²) >= 11 is 1.74. The summed E-state index contributed by atoms with van der Waals surface area (Å²) in [6.07, 6.45) is 4.20. The Kier molecular flexibility index (Phi) is 3.12. The quantitative estimate of drug-likeness (QED) is 0.739. The lowest BCUT2D eigenvalue weighted by Gasteiger charge is -2.08. The normalized spacial score (nSPS) is 16.1. The summed E-state index contributed by atoms with van der Waals surface area (Å²) in [4.78, 5) is 2.46. The molecule has 3 heteroatoms. The van der Waals surface area contributed by atoms with E-state index in [2.05, 4.69) is 19.1 Å². The highest BCUT2D eigenvalue weighted by atomic mass is 32.1. The number of hydrogen-bond donors (Lipinski definition) is 1. The molecule has 0 fully saturated rings. The third kappa shape index (κ3) is 2.30. The Morgan fingerprint density at radius 2 is 2.00 bits per heavy atom. The number of rotatable bonds is 2. The molecule has 4 rings (SSSR count). The molecular formula is C18H18O2S. The van der Waals surface area contributed by atoms with Gasteiger partial charge in [-0.05, 0) is 62.4 Å². The molecule has 1 unspecified atom stereocenters. The van der Waals surface area contributed by atoms with Crippen LogP contribution >= 0.6 is 11.3 Å². The molecule has 0 spiro atoms. The fraction of sp³-hybridized carbons (Fsp3) is 0.333. The van der Waals surface area contributed by atoms with Gasteiger partial charge in [-0.2, -0.15) is 0 Å². The molecule has 0 saturated heterocycles. The fourth-order valence-electron chi connectivity index (χ4n) is 3.11. The summed E-state index contributed by atoms with van der Waals surface area (Å²) in [7, 11) is 0. The molecule has 2 nitrogen and oxygen atoms in total. The highest BCUT2D eigenvalue weighted by molar-refractivity contribution is 7.12. The topological polar surface area (TPSA) is 33.4 Å². The molecule has 2 aromatic heterocycles. The van der Waals surface area contributed by atoms with Crippen LogP contribution in [-0.2, 0) is 12.8 Å². The Morgan fingerprint density at radius 1 is 1.14 bits per heavy atom. The number of aliphatic hydroxyl groups is 1. The van der Waals surface area contributed by atoms with Gasteiger partial charge < -0.3 is 9.52 Å². The first-order chi connectivity index (χ1) is 10.2. The second-order valence-electron chi connectivity index (χ2n) is 5.90. The predicted octanol–water partition coefficient (Wildman–Crippen LogP) is 4.76. The van der Waals surface area contributed by atoms with Crippen molar-refractivity contribution in [2.45, 2.75) is 38.7 Å². The van der Waals surface area contributed by atoms with Gasteiger partial charge in [0.05, 0.1) is 0 Å². The monoisotopic (exact) mass is 298 g/mol. The zero-order chi connectivity index (χ0) is 14.4. The van der Waals surface area contributed by atoms with Crippen LogP contribution in [0.4, 0.5) is 0 Å². The zero-order valence-corrected chi connectivity index (χ0v) is 12.9. The van der Waals surface area contributed by atoms with Gasteiger partial charge in [0.25, 0.3) is 0 Å². The van der Waals surface area contributed by atoms with Crippen molar-refractivity contribution in [2.75, 3.05) is 0 Å². The van der Waals surface area contributed by atoms with E-state index in [0.717, 1.165) is 28.7 Å². The number of thiophene rings is 1. The predicted molar refractivity (Wildman–Crippen MR) is 86.0 cm³/mol. The average Bonchev–Trinajstić information content (AvgIpc) is 3.09. The largest absolute Gasteiger partial charge is 0.458 e. The molecule has 108 valence electrons. The van der Waals surface area contributed by atoms with Crippen molar-refractivity contribution in [3.8, 4) is 0 Å². The number of hydrogen-bond acceptors (Lipinski definition) is 3. The summed E-state index contributed by atoms with van der Waals surface area (Å²) in [5, 5.41) is 11.7. The molecule has 2 heterocycles. The first-order valence-corrected chi connectivity index (χ1v) is 8.32. The van der Waals surface area contributed by atoms with Gasteiger partial charge in [-0.25, -0.2) is 0 Å². The van der Waals surface area contributed by atoms with Crippen LogP contribution in [0.25, 0.3) is 11.0 Å². The van der Waals surface area contributed by atoms with Crippen LogP contribution < -0.4 is 0 Å². The Balaban J connectivity index is 1.71. The molecule has 1 atom stereocenters. The van der Waals surface area contributed by atoms with E-state index in [1.165, 1.54) is 28.8 Å². The van der Waals surface area contributed by atoms with Crippen molar-refractivity contribution in [2.24, 2.45) is 0 Å². The van der Waals surface area contributed by atoms with Crippen LogP contribution in [0.2, 0.25) is 0 Å². The van der Waals surface area contributed by atoms with E-state index in [9.17, 15) is 5.11 Å². The Morgan fingerprint density at radius 3 is 2.86 bits per heavy atom. The average molecular weight is 298 g/mol. The molecule has 0 bridgehead atoms. The van der Waals surface area contributed by atoms with Crippen molar-refractivity contribution in [1.82, 2.24) is 0 Å². The van der Waals surface area contributed by atoms with E-state index >= 15 is 0 Å². The molecule has 1 aliphatic carbocycles. The SMILES string of the molecule is Cc1ccc2oc(C(O)c3cc4c(s3)CCCC4)cc2c1. The summed E-state index contributed by atoms with van der Waals surface area (Å²) < 4.78 is 5.83. The van der Waals surface area contributed by atoms with E-state index in [0.29, 0.717) is 5.76 Å². The van der Waals surface area contributed by atoms with Crippen molar-refractivity contribution in [3.63, 3.8) is 0 Å². The van der Waals surface area contributed by atoms with E-state index in [-0.39, 0.29) is 0 Å². The minimum absolute atomic E-state index is 0.645. The van der Waals surface area contributed by atoms with Crippen LogP contribution in [0.1, 0.15) is 45.6 Å². The lowest BCUT2D eigenvalue weighted by atomic mass is 9.99.